The molecule has 0 unspecified atom stereocenters. The third-order valence-electron chi connectivity index (χ3n) is 2.43. The highest BCUT2D eigenvalue weighted by Crippen LogP contribution is 2.18. The van der Waals surface area contributed by atoms with Crippen LogP contribution in [0, 0.1) is 5.82 Å². The lowest BCUT2D eigenvalue weighted by molar-refractivity contribution is 0.112. The molecule has 0 saturated heterocycles. The number of hydrogen-bond acceptors (Lipinski definition) is 5. The summed E-state index contributed by atoms with van der Waals surface area (Å²) in [5.41, 5.74) is 0.257. The molecule has 0 aliphatic rings. The van der Waals surface area contributed by atoms with Crippen molar-refractivity contribution in [3.63, 3.8) is 0 Å². The lowest BCUT2D eigenvalue weighted by atomic mass is 10.2. The third kappa shape index (κ3) is 3.37. The molecule has 1 aromatic carbocycles. The number of halogens is 1. The molecule has 1 aromatic heterocycles. The molecule has 0 spiro atoms. The fourth-order valence-corrected chi connectivity index (χ4v) is 1.52. The molecule has 1 heterocycles. The molecule has 0 atom stereocenters. The number of carbonyl (C=O) groups is 1. The van der Waals surface area contributed by atoms with Gasteiger partial charge in [0.05, 0.1) is 0 Å². The number of nitrogens with zero attached hydrogens (tertiary/aromatic N) is 2. The number of hydrogen-bond donors (Lipinski definition) is 0. The van der Waals surface area contributed by atoms with Crippen LogP contribution in [0.4, 0.5) is 4.39 Å². The van der Waals surface area contributed by atoms with Gasteiger partial charge < -0.3 is 9.26 Å². The molecule has 6 heteroatoms. The summed E-state index contributed by atoms with van der Waals surface area (Å²) in [5, 5.41) is 3.76. The van der Waals surface area contributed by atoms with E-state index in [-0.39, 0.29) is 17.9 Å². The van der Waals surface area contributed by atoms with Crippen LogP contribution < -0.4 is 4.74 Å². The molecule has 0 bridgehead atoms. The van der Waals surface area contributed by atoms with Crippen molar-refractivity contribution in [2.75, 3.05) is 0 Å². The highest BCUT2D eigenvalue weighted by atomic mass is 19.1. The molecule has 0 aliphatic carbocycles. The first-order valence-electron chi connectivity index (χ1n) is 5.92. The lowest BCUT2D eigenvalue weighted by Gasteiger charge is -2.04. The van der Waals surface area contributed by atoms with Gasteiger partial charge in [-0.05, 0) is 24.6 Å². The van der Waals surface area contributed by atoms with E-state index in [1.807, 2.05) is 6.92 Å². The Morgan fingerprint density at radius 1 is 1.47 bits per heavy atom. The zero-order valence-corrected chi connectivity index (χ0v) is 10.4. The molecule has 100 valence electrons. The second-order valence-corrected chi connectivity index (χ2v) is 3.95. The molecule has 0 radical (unpaired) electrons. The highest BCUT2D eigenvalue weighted by molar-refractivity contribution is 5.74. The highest BCUT2D eigenvalue weighted by Gasteiger charge is 2.09. The number of aryl methyl sites for hydroxylation is 1. The van der Waals surface area contributed by atoms with Gasteiger partial charge in [0.2, 0.25) is 0 Å². The molecular weight excluding hydrogens is 251 g/mol. The Morgan fingerprint density at radius 2 is 2.32 bits per heavy atom. The Balaban J connectivity index is 1.99. The minimum atomic E-state index is -0.599. The Hall–Kier alpha value is -2.24. The SMILES string of the molecule is CCCc1noc(COc2ccc(C=O)cc2F)n1. The molecule has 2 aromatic rings. The minimum Gasteiger partial charge on any atom is -0.481 e. The maximum absolute atomic E-state index is 13.5. The fraction of sp³-hybridized carbons (Fsp3) is 0.308. The summed E-state index contributed by atoms with van der Waals surface area (Å²) in [6.07, 6.45) is 2.22. The van der Waals surface area contributed by atoms with E-state index in [2.05, 4.69) is 10.1 Å². The van der Waals surface area contributed by atoms with Crippen molar-refractivity contribution >= 4 is 6.29 Å². The van der Waals surface area contributed by atoms with E-state index in [0.29, 0.717) is 18.0 Å². The number of ether oxygens (including phenoxy) is 1. The van der Waals surface area contributed by atoms with Crippen LogP contribution in [0.5, 0.6) is 5.75 Å². The van der Waals surface area contributed by atoms with Gasteiger partial charge in [-0.1, -0.05) is 12.1 Å². The Bertz CT molecular complexity index is 569. The number of carbonyl (C=O) groups excluding carboxylic acids is 1. The number of aldehydes is 1. The maximum Gasteiger partial charge on any atom is 0.264 e. The van der Waals surface area contributed by atoms with Gasteiger partial charge >= 0.3 is 0 Å². The molecule has 0 aliphatic heterocycles. The molecule has 19 heavy (non-hydrogen) atoms. The predicted molar refractivity (Wildman–Crippen MR) is 64.4 cm³/mol. The number of benzene rings is 1. The van der Waals surface area contributed by atoms with Crippen molar-refractivity contribution in [2.24, 2.45) is 0 Å². The summed E-state index contributed by atoms with van der Waals surface area (Å²) in [7, 11) is 0. The number of aromatic nitrogens is 2. The van der Waals surface area contributed by atoms with Gasteiger partial charge in [0, 0.05) is 12.0 Å². The second-order valence-electron chi connectivity index (χ2n) is 3.95. The van der Waals surface area contributed by atoms with Crippen LogP contribution in [-0.2, 0) is 13.0 Å². The van der Waals surface area contributed by atoms with Crippen molar-refractivity contribution in [3.8, 4) is 5.75 Å². The molecule has 5 nitrogen and oxygen atoms in total. The van der Waals surface area contributed by atoms with E-state index >= 15 is 0 Å². The molecular formula is C13H13FN2O3. The fourth-order valence-electron chi connectivity index (χ4n) is 1.52. The van der Waals surface area contributed by atoms with Gasteiger partial charge in [-0.15, -0.1) is 0 Å². The average molecular weight is 264 g/mol. The normalized spacial score (nSPS) is 10.4. The van der Waals surface area contributed by atoms with Crippen molar-refractivity contribution < 1.29 is 18.4 Å². The predicted octanol–water partition coefficient (Wildman–Crippen LogP) is 2.55. The van der Waals surface area contributed by atoms with Crippen molar-refractivity contribution in [2.45, 2.75) is 26.4 Å². The van der Waals surface area contributed by atoms with Crippen molar-refractivity contribution in [1.82, 2.24) is 10.1 Å². The standard InChI is InChI=1S/C13H13FN2O3/c1-2-3-12-15-13(19-16-12)8-18-11-5-4-9(7-17)6-10(11)14/h4-7H,2-3,8H2,1H3. The Morgan fingerprint density at radius 3 is 3.00 bits per heavy atom. The zero-order valence-electron chi connectivity index (χ0n) is 10.4. The van der Waals surface area contributed by atoms with Gasteiger partial charge in [0.1, 0.15) is 6.29 Å². The summed E-state index contributed by atoms with van der Waals surface area (Å²) in [6.45, 7) is 2.00. The summed E-state index contributed by atoms with van der Waals surface area (Å²) in [6, 6.07) is 3.97. The van der Waals surface area contributed by atoms with Crippen LogP contribution in [0.1, 0.15) is 35.4 Å². The summed E-state index contributed by atoms with van der Waals surface area (Å²) < 4.78 is 23.7. The largest absolute Gasteiger partial charge is 0.481 e. The van der Waals surface area contributed by atoms with Gasteiger partial charge in [0.15, 0.2) is 24.0 Å². The topological polar surface area (TPSA) is 65.2 Å². The quantitative estimate of drug-likeness (QED) is 0.750. The van der Waals surface area contributed by atoms with Crippen LogP contribution >= 0.6 is 0 Å². The number of rotatable bonds is 6. The van der Waals surface area contributed by atoms with Gasteiger partial charge in [-0.25, -0.2) is 4.39 Å². The first-order valence-corrected chi connectivity index (χ1v) is 5.92. The summed E-state index contributed by atoms with van der Waals surface area (Å²) in [4.78, 5) is 14.6. The van der Waals surface area contributed by atoms with Crippen LogP contribution in [-0.4, -0.2) is 16.4 Å². The molecule has 0 saturated carbocycles. The molecule has 0 N–H and O–H groups in total. The summed E-state index contributed by atoms with van der Waals surface area (Å²) >= 11 is 0. The van der Waals surface area contributed by atoms with Crippen LogP contribution in [0.25, 0.3) is 0 Å². The molecule has 0 amide bonds. The molecule has 2 rings (SSSR count). The first kappa shape index (κ1) is 13.2. The van der Waals surface area contributed by atoms with Crippen molar-refractivity contribution in [1.29, 1.82) is 0 Å². The van der Waals surface area contributed by atoms with E-state index in [4.69, 9.17) is 9.26 Å². The average Bonchev–Trinajstić information content (AvgIpc) is 2.85. The summed E-state index contributed by atoms with van der Waals surface area (Å²) in [5.74, 6) is 0.346. The zero-order chi connectivity index (χ0) is 13.7. The van der Waals surface area contributed by atoms with E-state index < -0.39 is 5.82 Å². The Labute approximate surface area is 109 Å². The monoisotopic (exact) mass is 264 g/mol. The van der Waals surface area contributed by atoms with Gasteiger partial charge in [-0.3, -0.25) is 4.79 Å². The minimum absolute atomic E-state index is 0.00588. The smallest absolute Gasteiger partial charge is 0.264 e. The third-order valence-corrected chi connectivity index (χ3v) is 2.43. The van der Waals surface area contributed by atoms with E-state index in [0.717, 1.165) is 18.9 Å². The van der Waals surface area contributed by atoms with Crippen LogP contribution in [0.15, 0.2) is 22.7 Å². The maximum atomic E-state index is 13.5. The molecule has 0 fully saturated rings. The lowest BCUT2D eigenvalue weighted by Crippen LogP contribution is -1.98. The van der Waals surface area contributed by atoms with Crippen LogP contribution in [0.3, 0.4) is 0 Å². The van der Waals surface area contributed by atoms with E-state index in [1.165, 1.54) is 12.1 Å². The van der Waals surface area contributed by atoms with Gasteiger partial charge in [0.25, 0.3) is 5.89 Å². The van der Waals surface area contributed by atoms with Crippen molar-refractivity contribution in [3.05, 3.63) is 41.3 Å². The van der Waals surface area contributed by atoms with E-state index in [9.17, 15) is 9.18 Å². The van der Waals surface area contributed by atoms with E-state index in [1.54, 1.807) is 0 Å². The van der Waals surface area contributed by atoms with Gasteiger partial charge in [-0.2, -0.15) is 4.98 Å². The first-order chi connectivity index (χ1) is 9.22. The van der Waals surface area contributed by atoms with Crippen LogP contribution in [0.2, 0.25) is 0 Å². The second kappa shape index (κ2) is 6.08. The Kier molecular flexibility index (Phi) is 4.22.